The first-order chi connectivity index (χ1) is 7.25. The van der Waals surface area contributed by atoms with E-state index in [0.29, 0.717) is 5.92 Å². The van der Waals surface area contributed by atoms with Crippen LogP contribution in [0.1, 0.15) is 25.7 Å². The van der Waals surface area contributed by atoms with Crippen LogP contribution in [-0.2, 0) is 0 Å². The summed E-state index contributed by atoms with van der Waals surface area (Å²) in [5, 5.41) is 9.80. The zero-order valence-electron chi connectivity index (χ0n) is 9.69. The molecule has 3 heteroatoms. The predicted molar refractivity (Wildman–Crippen MR) is 66.3 cm³/mol. The van der Waals surface area contributed by atoms with Gasteiger partial charge in [0.1, 0.15) is 0 Å². The molecule has 1 heterocycles. The molecule has 0 amide bonds. The topological polar surface area (TPSA) is 23.5 Å². The van der Waals surface area contributed by atoms with E-state index in [2.05, 4.69) is 23.7 Å². The number of likely N-dealkylation sites (N-methyl/N-ethyl adjacent to an activating group) is 1. The second-order valence-electron chi connectivity index (χ2n) is 5.24. The quantitative estimate of drug-likeness (QED) is 0.795. The smallest absolute Gasteiger partial charge is 0.0715 e. The average molecular weight is 229 g/mol. The fraction of sp³-hybridized carbons (Fsp3) is 1.00. The summed E-state index contributed by atoms with van der Waals surface area (Å²) >= 11 is 2.07. The first-order valence-corrected chi connectivity index (χ1v) is 7.35. The molecule has 0 bridgehead atoms. The molecule has 0 aromatic carbocycles. The van der Waals surface area contributed by atoms with E-state index >= 15 is 0 Å². The zero-order valence-corrected chi connectivity index (χ0v) is 10.5. The molecule has 0 aromatic heterocycles. The zero-order chi connectivity index (χ0) is 10.7. The van der Waals surface area contributed by atoms with Gasteiger partial charge < -0.3 is 10.0 Å². The Bertz CT molecular complexity index is 194. The molecule has 2 rings (SSSR count). The standard InChI is InChI=1S/C12H23NOS/c1-13-6-11(12(14)7-13)9-15-8-10-4-2-3-5-10/h10-12,14H,2-9H2,1H3/t11-,12+/m1/s1. The third-order valence-corrected chi connectivity index (χ3v) is 5.12. The first-order valence-electron chi connectivity index (χ1n) is 6.20. The molecule has 1 saturated carbocycles. The number of thioether (sulfide) groups is 1. The Morgan fingerprint density at radius 1 is 1.20 bits per heavy atom. The van der Waals surface area contributed by atoms with Crippen LogP contribution in [0.3, 0.4) is 0 Å². The van der Waals surface area contributed by atoms with Crippen molar-refractivity contribution in [2.75, 3.05) is 31.6 Å². The van der Waals surface area contributed by atoms with Gasteiger partial charge in [-0.1, -0.05) is 12.8 Å². The van der Waals surface area contributed by atoms with E-state index in [0.717, 1.165) is 24.8 Å². The molecule has 2 nitrogen and oxygen atoms in total. The lowest BCUT2D eigenvalue weighted by atomic mass is 10.1. The van der Waals surface area contributed by atoms with Gasteiger partial charge in [-0.15, -0.1) is 0 Å². The van der Waals surface area contributed by atoms with E-state index < -0.39 is 0 Å². The van der Waals surface area contributed by atoms with Crippen LogP contribution in [0.2, 0.25) is 0 Å². The average Bonchev–Trinajstić information content (AvgIpc) is 2.77. The van der Waals surface area contributed by atoms with Crippen molar-refractivity contribution in [3.8, 4) is 0 Å². The highest BCUT2D eigenvalue weighted by Crippen LogP contribution is 2.29. The summed E-state index contributed by atoms with van der Waals surface area (Å²) in [5.41, 5.74) is 0. The van der Waals surface area contributed by atoms with Crippen LogP contribution in [-0.4, -0.2) is 47.8 Å². The van der Waals surface area contributed by atoms with Crippen LogP contribution >= 0.6 is 11.8 Å². The van der Waals surface area contributed by atoms with Gasteiger partial charge in [0.2, 0.25) is 0 Å². The van der Waals surface area contributed by atoms with E-state index in [4.69, 9.17) is 0 Å². The van der Waals surface area contributed by atoms with Crippen molar-refractivity contribution in [2.45, 2.75) is 31.8 Å². The Morgan fingerprint density at radius 3 is 2.53 bits per heavy atom. The van der Waals surface area contributed by atoms with Gasteiger partial charge >= 0.3 is 0 Å². The SMILES string of the molecule is CN1C[C@H](CSCC2CCCC2)[C@@H](O)C1. The summed E-state index contributed by atoms with van der Waals surface area (Å²) in [4.78, 5) is 2.24. The van der Waals surface area contributed by atoms with Crippen molar-refractivity contribution in [1.82, 2.24) is 4.90 Å². The molecule has 1 aliphatic heterocycles. The number of likely N-dealkylation sites (tertiary alicyclic amines) is 1. The first kappa shape index (κ1) is 11.7. The second kappa shape index (κ2) is 5.55. The van der Waals surface area contributed by atoms with Crippen LogP contribution in [0, 0.1) is 11.8 Å². The highest BCUT2D eigenvalue weighted by Gasteiger charge is 2.29. The lowest BCUT2D eigenvalue weighted by Gasteiger charge is -2.14. The van der Waals surface area contributed by atoms with Gasteiger partial charge in [-0.25, -0.2) is 0 Å². The van der Waals surface area contributed by atoms with Crippen LogP contribution in [0.5, 0.6) is 0 Å². The molecule has 88 valence electrons. The van der Waals surface area contributed by atoms with Crippen LogP contribution < -0.4 is 0 Å². The molecule has 0 radical (unpaired) electrons. The maximum atomic E-state index is 9.80. The van der Waals surface area contributed by atoms with Gasteiger partial charge in [0.25, 0.3) is 0 Å². The number of aliphatic hydroxyl groups excluding tert-OH is 1. The molecule has 0 unspecified atom stereocenters. The van der Waals surface area contributed by atoms with Crippen molar-refractivity contribution >= 4 is 11.8 Å². The minimum Gasteiger partial charge on any atom is -0.391 e. The Hall–Kier alpha value is 0.270. The molecule has 15 heavy (non-hydrogen) atoms. The van der Waals surface area contributed by atoms with E-state index in [9.17, 15) is 5.11 Å². The van der Waals surface area contributed by atoms with Crippen LogP contribution in [0.15, 0.2) is 0 Å². The molecular formula is C12H23NOS. The molecule has 1 N–H and O–H groups in total. The monoisotopic (exact) mass is 229 g/mol. The van der Waals surface area contributed by atoms with Gasteiger partial charge in [-0.05, 0) is 37.3 Å². The highest BCUT2D eigenvalue weighted by molar-refractivity contribution is 7.99. The molecule has 0 aromatic rings. The molecule has 1 saturated heterocycles. The minimum absolute atomic E-state index is 0.0777. The fourth-order valence-electron chi connectivity index (χ4n) is 2.79. The van der Waals surface area contributed by atoms with Gasteiger partial charge in [0, 0.05) is 19.0 Å². The summed E-state index contributed by atoms with van der Waals surface area (Å²) in [6.07, 6.45) is 5.70. The third-order valence-electron chi connectivity index (χ3n) is 3.75. The van der Waals surface area contributed by atoms with E-state index in [1.165, 1.54) is 31.4 Å². The Labute approximate surface area is 97.4 Å². The fourth-order valence-corrected chi connectivity index (χ4v) is 4.22. The van der Waals surface area contributed by atoms with Gasteiger partial charge in [0.15, 0.2) is 0 Å². The van der Waals surface area contributed by atoms with Crippen molar-refractivity contribution in [1.29, 1.82) is 0 Å². The van der Waals surface area contributed by atoms with Crippen molar-refractivity contribution in [2.24, 2.45) is 11.8 Å². The van der Waals surface area contributed by atoms with Gasteiger partial charge in [-0.2, -0.15) is 11.8 Å². The molecule has 2 fully saturated rings. The van der Waals surface area contributed by atoms with E-state index in [1.54, 1.807) is 0 Å². The van der Waals surface area contributed by atoms with E-state index in [-0.39, 0.29) is 6.10 Å². The summed E-state index contributed by atoms with van der Waals surface area (Å²) < 4.78 is 0. The summed E-state index contributed by atoms with van der Waals surface area (Å²) in [6, 6.07) is 0. The number of hydrogen-bond acceptors (Lipinski definition) is 3. The van der Waals surface area contributed by atoms with Gasteiger partial charge in [-0.3, -0.25) is 0 Å². The maximum Gasteiger partial charge on any atom is 0.0715 e. The lowest BCUT2D eigenvalue weighted by molar-refractivity contribution is 0.152. The Balaban J connectivity index is 1.61. The Morgan fingerprint density at radius 2 is 1.93 bits per heavy atom. The highest BCUT2D eigenvalue weighted by atomic mass is 32.2. The molecule has 2 atom stereocenters. The predicted octanol–water partition coefficient (Wildman–Crippen LogP) is 1.83. The molecule has 0 spiro atoms. The van der Waals surface area contributed by atoms with Crippen LogP contribution in [0.4, 0.5) is 0 Å². The Kier molecular flexibility index (Phi) is 4.35. The van der Waals surface area contributed by atoms with E-state index in [1.807, 2.05) is 0 Å². The van der Waals surface area contributed by atoms with Crippen molar-refractivity contribution in [3.05, 3.63) is 0 Å². The van der Waals surface area contributed by atoms with Crippen LogP contribution in [0.25, 0.3) is 0 Å². The largest absolute Gasteiger partial charge is 0.391 e. The lowest BCUT2D eigenvalue weighted by Crippen LogP contribution is -2.20. The number of β-amino-alcohol motifs (C(OH)–C–C–N with tert-alkyl or cyclic N) is 1. The van der Waals surface area contributed by atoms with Crippen molar-refractivity contribution < 1.29 is 5.11 Å². The number of nitrogens with zero attached hydrogens (tertiary/aromatic N) is 1. The maximum absolute atomic E-state index is 9.80. The number of rotatable bonds is 4. The van der Waals surface area contributed by atoms with Gasteiger partial charge in [0.05, 0.1) is 6.10 Å². The van der Waals surface area contributed by atoms with Crippen molar-refractivity contribution in [3.63, 3.8) is 0 Å². The molecule has 1 aliphatic carbocycles. The molecular weight excluding hydrogens is 206 g/mol. The summed E-state index contributed by atoms with van der Waals surface area (Å²) in [7, 11) is 2.10. The summed E-state index contributed by atoms with van der Waals surface area (Å²) in [6.45, 7) is 1.95. The second-order valence-corrected chi connectivity index (χ2v) is 6.31. The molecule has 2 aliphatic rings. The number of aliphatic hydroxyl groups is 1. The summed E-state index contributed by atoms with van der Waals surface area (Å²) in [5.74, 6) is 3.97. The number of hydrogen-bond donors (Lipinski definition) is 1. The third kappa shape index (κ3) is 3.36. The minimum atomic E-state index is -0.0777. The normalized spacial score (nSPS) is 34.0.